The number of carboxylic acids is 1. The highest BCUT2D eigenvalue weighted by Gasteiger charge is 2.72. The second-order valence-corrected chi connectivity index (χ2v) is 10.7. The van der Waals surface area contributed by atoms with Gasteiger partial charge in [0.25, 0.3) is 0 Å². The van der Waals surface area contributed by atoms with E-state index in [9.17, 15) is 24.6 Å². The van der Waals surface area contributed by atoms with Gasteiger partial charge < -0.3 is 25.4 Å². The average molecular weight is 443 g/mol. The second kappa shape index (κ2) is 6.70. The van der Waals surface area contributed by atoms with Crippen molar-refractivity contribution in [1.29, 1.82) is 0 Å². The number of aromatic carboxylic acids is 1. The molecule has 1 spiro atoms. The molecule has 6 rings (SSSR count). The van der Waals surface area contributed by atoms with Crippen LogP contribution in [-0.4, -0.2) is 44.7 Å². The van der Waals surface area contributed by atoms with Gasteiger partial charge in [0.15, 0.2) is 5.75 Å². The van der Waals surface area contributed by atoms with Gasteiger partial charge in [-0.3, -0.25) is 9.59 Å². The third-order valence-electron chi connectivity index (χ3n) is 8.88. The Balaban J connectivity index is 1.35. The number of carbonyl (C=O) groups is 3. The van der Waals surface area contributed by atoms with Gasteiger partial charge in [0.2, 0.25) is 5.91 Å². The highest BCUT2D eigenvalue weighted by atomic mass is 16.5. The zero-order chi connectivity index (χ0) is 23.1. The van der Waals surface area contributed by atoms with E-state index < -0.39 is 34.4 Å². The molecule has 0 aromatic heterocycles. The molecule has 1 aromatic carbocycles. The van der Waals surface area contributed by atoms with Crippen LogP contribution in [-0.2, 0) is 14.3 Å². The molecule has 2 aliphatic heterocycles. The third kappa shape index (κ3) is 2.81. The molecule has 172 valence electrons. The summed E-state index contributed by atoms with van der Waals surface area (Å²) in [5.41, 5.74) is -1.40. The molecule has 4 N–H and O–H groups in total. The lowest BCUT2D eigenvalue weighted by molar-refractivity contribution is -0.191. The predicted molar refractivity (Wildman–Crippen MR) is 113 cm³/mol. The van der Waals surface area contributed by atoms with Gasteiger partial charge in [-0.25, -0.2) is 4.79 Å². The molecule has 8 heteroatoms. The van der Waals surface area contributed by atoms with Crippen LogP contribution in [0.3, 0.4) is 0 Å². The Labute approximate surface area is 186 Å². The summed E-state index contributed by atoms with van der Waals surface area (Å²) in [7, 11) is 0. The minimum atomic E-state index is -1.37. The van der Waals surface area contributed by atoms with E-state index in [1.165, 1.54) is 0 Å². The molecule has 5 fully saturated rings. The number of phenolic OH excluding ortho intramolecular Hbond substituents is 1. The first-order valence-electron chi connectivity index (χ1n) is 11.3. The fourth-order valence-corrected chi connectivity index (χ4v) is 7.60. The first-order chi connectivity index (χ1) is 15.0. The van der Waals surface area contributed by atoms with Crippen molar-refractivity contribution in [3.05, 3.63) is 17.7 Å². The van der Waals surface area contributed by atoms with Crippen LogP contribution in [0.15, 0.2) is 12.1 Å². The van der Waals surface area contributed by atoms with E-state index in [1.807, 2.05) is 6.92 Å². The topological polar surface area (TPSA) is 133 Å². The summed E-state index contributed by atoms with van der Waals surface area (Å²) in [6.45, 7) is 4.17. The van der Waals surface area contributed by atoms with Crippen LogP contribution in [0.5, 0.6) is 11.5 Å². The van der Waals surface area contributed by atoms with Gasteiger partial charge in [0.1, 0.15) is 22.8 Å². The molecule has 0 unspecified atom stereocenters. The van der Waals surface area contributed by atoms with Crippen molar-refractivity contribution in [2.24, 2.45) is 22.7 Å². The maximum absolute atomic E-state index is 13.2. The minimum absolute atomic E-state index is 0.0123. The van der Waals surface area contributed by atoms with E-state index in [2.05, 4.69) is 12.2 Å². The number of carbonyl (C=O) groups excluding carboxylic acids is 2. The number of phenols is 2. The van der Waals surface area contributed by atoms with Gasteiger partial charge in [-0.15, -0.1) is 0 Å². The van der Waals surface area contributed by atoms with Crippen LogP contribution in [0.4, 0.5) is 5.69 Å². The molecule has 3 aliphatic carbocycles. The Bertz CT molecular complexity index is 1040. The lowest BCUT2D eigenvalue weighted by Crippen LogP contribution is -2.58. The predicted octanol–water partition coefficient (Wildman–Crippen LogP) is 3.46. The highest BCUT2D eigenvalue weighted by molar-refractivity contribution is 5.99. The molecule has 2 saturated heterocycles. The van der Waals surface area contributed by atoms with Gasteiger partial charge in [0.05, 0.1) is 11.7 Å². The molecule has 4 bridgehead atoms. The first kappa shape index (κ1) is 21.2. The van der Waals surface area contributed by atoms with Crippen molar-refractivity contribution < 1.29 is 34.4 Å². The number of nitrogens with one attached hydrogen (secondary N) is 1. The van der Waals surface area contributed by atoms with Crippen LogP contribution < -0.4 is 5.32 Å². The van der Waals surface area contributed by atoms with Crippen molar-refractivity contribution in [1.82, 2.24) is 0 Å². The second-order valence-electron chi connectivity index (χ2n) is 10.7. The molecule has 0 radical (unpaired) electrons. The largest absolute Gasteiger partial charge is 0.506 e. The fourth-order valence-electron chi connectivity index (χ4n) is 7.60. The molecule has 5 aliphatic rings. The van der Waals surface area contributed by atoms with Gasteiger partial charge in [-0.2, -0.15) is 0 Å². The molecule has 32 heavy (non-hydrogen) atoms. The normalized spacial score (nSPS) is 39.2. The quantitative estimate of drug-likeness (QED) is 0.512. The van der Waals surface area contributed by atoms with Crippen LogP contribution >= 0.6 is 0 Å². The Morgan fingerprint density at radius 1 is 1.25 bits per heavy atom. The number of hydrogen-bond acceptors (Lipinski definition) is 6. The first-order valence-corrected chi connectivity index (χ1v) is 11.3. The summed E-state index contributed by atoms with van der Waals surface area (Å²) in [6, 6.07) is 2.17. The van der Waals surface area contributed by atoms with E-state index in [0.717, 1.165) is 37.8 Å². The van der Waals surface area contributed by atoms with Crippen LogP contribution in [0, 0.1) is 22.7 Å². The number of aromatic hydroxyl groups is 2. The zero-order valence-corrected chi connectivity index (χ0v) is 18.3. The number of carboxylic acid groups (broad SMARTS) is 1. The average Bonchev–Trinajstić information content (AvgIpc) is 3.08. The molecule has 8 nitrogen and oxygen atoms in total. The molecule has 6 atom stereocenters. The number of ether oxygens (including phenoxy) is 1. The van der Waals surface area contributed by atoms with Crippen LogP contribution in [0.25, 0.3) is 0 Å². The van der Waals surface area contributed by atoms with Gasteiger partial charge in [-0.1, -0.05) is 6.92 Å². The maximum atomic E-state index is 13.2. The summed E-state index contributed by atoms with van der Waals surface area (Å²) in [5, 5.41) is 31.8. The van der Waals surface area contributed by atoms with E-state index in [4.69, 9.17) is 9.84 Å². The fraction of sp³-hybridized carbons (Fsp3) is 0.625. The molecule has 3 saturated carbocycles. The van der Waals surface area contributed by atoms with E-state index in [1.54, 1.807) is 0 Å². The summed E-state index contributed by atoms with van der Waals surface area (Å²) < 4.78 is 6.44. The Morgan fingerprint density at radius 3 is 2.69 bits per heavy atom. The number of benzene rings is 1. The Morgan fingerprint density at radius 2 is 2.00 bits per heavy atom. The number of amides is 1. The van der Waals surface area contributed by atoms with Crippen molar-refractivity contribution >= 4 is 23.3 Å². The van der Waals surface area contributed by atoms with Crippen molar-refractivity contribution in [3.63, 3.8) is 0 Å². The molecule has 1 aromatic rings. The monoisotopic (exact) mass is 443 g/mol. The standard InChI is InChI=1S/C24H29NO7/c1-22(7-6-17(28)25-18-14(26)4-3-13(19(18)29)21(30)31)16(27)5-8-24-10-12-9-15(20(22)24)32-23(12,2)11-24/h3-4,12,15,20,26,29H,5-11H2,1-2H3,(H,25,28)(H,30,31)/t12-,15+,20+,22-,23+,24+/m1/s1. The van der Waals surface area contributed by atoms with E-state index >= 15 is 0 Å². The summed E-state index contributed by atoms with van der Waals surface area (Å²) >= 11 is 0. The Kier molecular flexibility index (Phi) is 4.45. The Hall–Kier alpha value is -2.61. The van der Waals surface area contributed by atoms with Crippen LogP contribution in [0.2, 0.25) is 0 Å². The van der Waals surface area contributed by atoms with E-state index in [-0.39, 0.29) is 40.9 Å². The van der Waals surface area contributed by atoms with E-state index in [0.29, 0.717) is 18.8 Å². The van der Waals surface area contributed by atoms with Crippen molar-refractivity contribution in [3.8, 4) is 11.5 Å². The SMILES string of the molecule is C[C@]12C[C@@]34CCC(=O)[C@@](C)(CCC(=O)Nc5c(O)ccc(C(=O)O)c5O)[C@@H]3[C@H](C[C@@H]1C4)O2. The number of hydrogen-bond donors (Lipinski definition) is 4. The summed E-state index contributed by atoms with van der Waals surface area (Å²) in [5.74, 6) is -2.18. The number of rotatable bonds is 5. The van der Waals surface area contributed by atoms with Gasteiger partial charge in [0, 0.05) is 24.2 Å². The molecule has 1 amide bonds. The molecular weight excluding hydrogens is 414 g/mol. The lowest BCUT2D eigenvalue weighted by atomic mass is 9.48. The van der Waals surface area contributed by atoms with Gasteiger partial charge in [-0.05, 0) is 62.5 Å². The smallest absolute Gasteiger partial charge is 0.339 e. The maximum Gasteiger partial charge on any atom is 0.339 e. The summed E-state index contributed by atoms with van der Waals surface area (Å²) in [4.78, 5) is 37.1. The zero-order valence-electron chi connectivity index (χ0n) is 18.3. The minimum Gasteiger partial charge on any atom is -0.506 e. The van der Waals surface area contributed by atoms with Crippen LogP contribution in [0.1, 0.15) is 69.2 Å². The third-order valence-corrected chi connectivity index (χ3v) is 8.88. The number of Topliss-reactive ketones (excluding diaryl/α,β-unsaturated/α-hetero) is 1. The lowest BCUT2D eigenvalue weighted by Gasteiger charge is -2.57. The van der Waals surface area contributed by atoms with Crippen molar-refractivity contribution in [2.45, 2.75) is 70.5 Å². The summed E-state index contributed by atoms with van der Waals surface area (Å²) in [6.07, 6.45) is 4.85. The van der Waals surface area contributed by atoms with Gasteiger partial charge >= 0.3 is 5.97 Å². The number of ketones is 1. The molecule has 2 heterocycles. The van der Waals surface area contributed by atoms with Crippen molar-refractivity contribution in [2.75, 3.05) is 5.32 Å². The molecular formula is C24H29NO7. The highest BCUT2D eigenvalue weighted by Crippen LogP contribution is 2.73. The number of anilines is 1.